The first-order valence-corrected chi connectivity index (χ1v) is 9.96. The number of carbonyl (C=O) groups is 2. The van der Waals surface area contributed by atoms with Crippen molar-refractivity contribution in [3.05, 3.63) is 53.0 Å². The third kappa shape index (κ3) is 3.60. The largest absolute Gasteiger partial charge is 0.420 e. The lowest BCUT2D eigenvalue weighted by molar-refractivity contribution is -0.134. The Morgan fingerprint density at radius 2 is 1.59 bits per heavy atom. The van der Waals surface area contributed by atoms with Gasteiger partial charge in [0.15, 0.2) is 0 Å². The SMILES string of the molecule is CC(=O)Oc1c(OC(C)=O)n(S(=O)(=O)c2ccccc2)c2ccc(Br)cc12. The standard InChI is InChI=1S/C18H14BrNO6S/c1-11(21)25-17-15-10-13(19)8-9-16(15)20(18(17)26-12(2)22)27(23,24)14-6-4-3-5-7-14/h3-10H,1-2H3. The molecule has 0 aliphatic carbocycles. The van der Waals surface area contributed by atoms with Gasteiger partial charge in [-0.2, -0.15) is 3.97 Å². The van der Waals surface area contributed by atoms with E-state index in [1.54, 1.807) is 30.3 Å². The summed E-state index contributed by atoms with van der Waals surface area (Å²) in [5, 5.41) is 0.301. The Morgan fingerprint density at radius 1 is 0.963 bits per heavy atom. The minimum Gasteiger partial charge on any atom is -0.420 e. The number of fused-ring (bicyclic) bond motifs is 1. The topological polar surface area (TPSA) is 91.7 Å². The Bertz CT molecular complexity index is 1150. The van der Waals surface area contributed by atoms with E-state index in [0.29, 0.717) is 9.86 Å². The summed E-state index contributed by atoms with van der Waals surface area (Å²) in [5.74, 6) is -1.96. The number of esters is 2. The van der Waals surface area contributed by atoms with Gasteiger partial charge in [0.2, 0.25) is 5.75 Å². The lowest BCUT2D eigenvalue weighted by Crippen LogP contribution is -2.17. The predicted octanol–water partition coefficient (Wildman–Crippen LogP) is 3.49. The van der Waals surface area contributed by atoms with Crippen LogP contribution in [0.1, 0.15) is 13.8 Å². The Kier molecular flexibility index (Phi) is 5.07. The average molecular weight is 452 g/mol. The van der Waals surface area contributed by atoms with E-state index in [4.69, 9.17) is 9.47 Å². The molecular formula is C18H14BrNO6S. The van der Waals surface area contributed by atoms with Crippen molar-refractivity contribution >= 4 is 48.8 Å². The summed E-state index contributed by atoms with van der Waals surface area (Å²) in [5.41, 5.74) is 0.203. The van der Waals surface area contributed by atoms with E-state index in [-0.39, 0.29) is 22.0 Å². The van der Waals surface area contributed by atoms with Gasteiger partial charge in [0, 0.05) is 23.7 Å². The van der Waals surface area contributed by atoms with Gasteiger partial charge < -0.3 is 9.47 Å². The number of carbonyl (C=O) groups excluding carboxylic acids is 2. The van der Waals surface area contributed by atoms with Crippen LogP contribution in [0.5, 0.6) is 11.6 Å². The van der Waals surface area contributed by atoms with Crippen molar-refractivity contribution in [2.75, 3.05) is 0 Å². The highest BCUT2D eigenvalue weighted by atomic mass is 79.9. The molecule has 0 atom stereocenters. The number of rotatable bonds is 4. The van der Waals surface area contributed by atoms with E-state index < -0.39 is 22.0 Å². The van der Waals surface area contributed by atoms with Crippen molar-refractivity contribution in [2.45, 2.75) is 18.7 Å². The minimum atomic E-state index is -4.14. The molecule has 9 heteroatoms. The Hall–Kier alpha value is -2.65. The van der Waals surface area contributed by atoms with Crippen molar-refractivity contribution in [1.29, 1.82) is 0 Å². The summed E-state index contributed by atoms with van der Waals surface area (Å²) >= 11 is 3.31. The number of aromatic nitrogens is 1. The van der Waals surface area contributed by atoms with E-state index in [1.807, 2.05) is 0 Å². The first-order valence-electron chi connectivity index (χ1n) is 7.73. The van der Waals surface area contributed by atoms with Crippen LogP contribution in [0.25, 0.3) is 10.9 Å². The summed E-state index contributed by atoms with van der Waals surface area (Å²) in [6, 6.07) is 12.4. The molecule has 0 fully saturated rings. The molecule has 0 unspecified atom stereocenters. The van der Waals surface area contributed by atoms with E-state index >= 15 is 0 Å². The first-order chi connectivity index (χ1) is 12.7. The molecular weight excluding hydrogens is 438 g/mol. The van der Waals surface area contributed by atoms with Crippen LogP contribution in [-0.2, 0) is 19.6 Å². The molecule has 0 radical (unpaired) electrons. The summed E-state index contributed by atoms with van der Waals surface area (Å²) in [4.78, 5) is 23.2. The summed E-state index contributed by atoms with van der Waals surface area (Å²) in [7, 11) is -4.14. The van der Waals surface area contributed by atoms with Crippen LogP contribution < -0.4 is 9.47 Å². The van der Waals surface area contributed by atoms with Gasteiger partial charge in [0.05, 0.1) is 10.4 Å². The Balaban J connectivity index is 2.43. The number of benzene rings is 2. The molecule has 0 aliphatic heterocycles. The Morgan fingerprint density at radius 3 is 2.19 bits per heavy atom. The molecule has 7 nitrogen and oxygen atoms in total. The molecule has 3 rings (SSSR count). The number of halogens is 1. The quantitative estimate of drug-likeness (QED) is 0.563. The van der Waals surface area contributed by atoms with Gasteiger partial charge in [-0.25, -0.2) is 8.42 Å². The second-order valence-corrected chi connectivity index (χ2v) is 8.27. The molecule has 0 saturated carbocycles. The van der Waals surface area contributed by atoms with Crippen LogP contribution in [0.3, 0.4) is 0 Å². The van der Waals surface area contributed by atoms with E-state index in [9.17, 15) is 18.0 Å². The van der Waals surface area contributed by atoms with Crippen LogP contribution in [-0.4, -0.2) is 24.3 Å². The molecule has 0 saturated heterocycles. The van der Waals surface area contributed by atoms with Crippen LogP contribution in [0, 0.1) is 0 Å². The average Bonchev–Trinajstić information content (AvgIpc) is 2.88. The Labute approximate surface area is 163 Å². The van der Waals surface area contributed by atoms with Crippen molar-refractivity contribution in [3.8, 4) is 11.6 Å². The maximum absolute atomic E-state index is 13.3. The van der Waals surface area contributed by atoms with Gasteiger partial charge in [-0.15, -0.1) is 0 Å². The highest BCUT2D eigenvalue weighted by Crippen LogP contribution is 2.43. The number of hydrogen-bond acceptors (Lipinski definition) is 6. The van der Waals surface area contributed by atoms with Gasteiger partial charge >= 0.3 is 11.9 Å². The second kappa shape index (κ2) is 7.16. The minimum absolute atomic E-state index is 0.00686. The molecule has 1 aromatic heterocycles. The van der Waals surface area contributed by atoms with Crippen molar-refractivity contribution in [3.63, 3.8) is 0 Å². The maximum atomic E-state index is 13.3. The third-order valence-corrected chi connectivity index (χ3v) is 5.77. The second-order valence-electron chi connectivity index (χ2n) is 5.57. The van der Waals surface area contributed by atoms with E-state index in [1.165, 1.54) is 25.1 Å². The fourth-order valence-electron chi connectivity index (χ4n) is 2.59. The zero-order chi connectivity index (χ0) is 19.8. The third-order valence-electron chi connectivity index (χ3n) is 3.57. The molecule has 27 heavy (non-hydrogen) atoms. The normalized spacial score (nSPS) is 11.4. The smallest absolute Gasteiger partial charge is 0.309 e. The number of ether oxygens (including phenoxy) is 2. The van der Waals surface area contributed by atoms with E-state index in [0.717, 1.165) is 10.9 Å². The van der Waals surface area contributed by atoms with E-state index in [2.05, 4.69) is 15.9 Å². The fourth-order valence-corrected chi connectivity index (χ4v) is 4.42. The molecule has 0 bridgehead atoms. The first kappa shape index (κ1) is 19.1. The fraction of sp³-hybridized carbons (Fsp3) is 0.111. The molecule has 0 spiro atoms. The summed E-state index contributed by atoms with van der Waals surface area (Å²) < 4.78 is 38.4. The number of hydrogen-bond donors (Lipinski definition) is 0. The highest BCUT2D eigenvalue weighted by molar-refractivity contribution is 9.10. The molecule has 2 aromatic carbocycles. The molecule has 140 valence electrons. The lowest BCUT2D eigenvalue weighted by Gasteiger charge is -2.11. The molecule has 1 heterocycles. The zero-order valence-electron chi connectivity index (χ0n) is 14.3. The van der Waals surface area contributed by atoms with Gasteiger partial charge in [-0.3, -0.25) is 9.59 Å². The monoisotopic (exact) mass is 451 g/mol. The van der Waals surface area contributed by atoms with Gasteiger partial charge in [-0.1, -0.05) is 34.1 Å². The lowest BCUT2D eigenvalue weighted by atomic mass is 10.2. The summed E-state index contributed by atoms with van der Waals surface area (Å²) in [6.07, 6.45) is 0. The zero-order valence-corrected chi connectivity index (χ0v) is 16.7. The van der Waals surface area contributed by atoms with Crippen LogP contribution in [0.4, 0.5) is 0 Å². The van der Waals surface area contributed by atoms with Crippen molar-refractivity contribution < 1.29 is 27.5 Å². The number of nitrogens with zero attached hydrogens (tertiary/aromatic N) is 1. The highest BCUT2D eigenvalue weighted by Gasteiger charge is 2.31. The molecule has 3 aromatic rings. The van der Waals surface area contributed by atoms with Crippen molar-refractivity contribution in [1.82, 2.24) is 3.97 Å². The van der Waals surface area contributed by atoms with Crippen LogP contribution in [0.2, 0.25) is 0 Å². The van der Waals surface area contributed by atoms with Gasteiger partial charge in [0.1, 0.15) is 0 Å². The van der Waals surface area contributed by atoms with Gasteiger partial charge in [0.25, 0.3) is 15.9 Å². The maximum Gasteiger partial charge on any atom is 0.309 e. The molecule has 0 aliphatic rings. The molecule has 0 N–H and O–H groups in total. The van der Waals surface area contributed by atoms with Crippen LogP contribution in [0.15, 0.2) is 57.9 Å². The predicted molar refractivity (Wildman–Crippen MR) is 101 cm³/mol. The molecule has 0 amide bonds. The van der Waals surface area contributed by atoms with Gasteiger partial charge in [-0.05, 0) is 30.3 Å². The van der Waals surface area contributed by atoms with Crippen molar-refractivity contribution in [2.24, 2.45) is 0 Å². The summed E-state index contributed by atoms with van der Waals surface area (Å²) in [6.45, 7) is 2.30. The van der Waals surface area contributed by atoms with Crippen LogP contribution >= 0.6 is 15.9 Å².